The molecular formula is C22H25ClN4O4S. The fourth-order valence-corrected chi connectivity index (χ4v) is 4.81. The van der Waals surface area contributed by atoms with Gasteiger partial charge in [0.05, 0.1) is 24.7 Å². The van der Waals surface area contributed by atoms with Crippen LogP contribution in [0.15, 0.2) is 54.9 Å². The number of aryl methyl sites for hydroxylation is 1. The average Bonchev–Trinajstić information content (AvgIpc) is 3.17. The molecule has 10 heteroatoms. The molecule has 1 N–H and O–H groups in total. The van der Waals surface area contributed by atoms with E-state index in [9.17, 15) is 13.2 Å². The van der Waals surface area contributed by atoms with E-state index in [-0.39, 0.29) is 12.2 Å². The van der Waals surface area contributed by atoms with E-state index in [2.05, 4.69) is 10.3 Å². The molecule has 0 radical (unpaired) electrons. The van der Waals surface area contributed by atoms with Crippen molar-refractivity contribution in [3.8, 4) is 11.4 Å². The number of hydrogen-bond acceptors (Lipinski definition) is 5. The van der Waals surface area contributed by atoms with E-state index in [0.29, 0.717) is 10.8 Å². The summed E-state index contributed by atoms with van der Waals surface area (Å²) in [5.74, 6) is 0.642. The molecule has 0 bridgehead atoms. The lowest BCUT2D eigenvalue weighted by Gasteiger charge is -2.29. The lowest BCUT2D eigenvalue weighted by Crippen LogP contribution is -2.47. The van der Waals surface area contributed by atoms with Crippen LogP contribution in [-0.4, -0.2) is 43.3 Å². The summed E-state index contributed by atoms with van der Waals surface area (Å²) in [6, 6.07) is 11.2. The fraction of sp³-hybridized carbons (Fsp3) is 0.273. The smallest absolute Gasteiger partial charge is 0.243 e. The number of ether oxygens (including phenoxy) is 1. The van der Waals surface area contributed by atoms with Crippen LogP contribution in [0, 0.1) is 6.92 Å². The molecule has 170 valence electrons. The topological polar surface area (TPSA) is 93.5 Å². The van der Waals surface area contributed by atoms with Crippen molar-refractivity contribution in [2.24, 2.45) is 0 Å². The zero-order chi connectivity index (χ0) is 23.5. The van der Waals surface area contributed by atoms with Gasteiger partial charge in [-0.2, -0.15) is 0 Å². The number of halogens is 1. The predicted molar refractivity (Wildman–Crippen MR) is 125 cm³/mol. The third-order valence-electron chi connectivity index (χ3n) is 5.00. The average molecular weight is 477 g/mol. The van der Waals surface area contributed by atoms with E-state index < -0.39 is 22.0 Å². The van der Waals surface area contributed by atoms with Gasteiger partial charge >= 0.3 is 0 Å². The van der Waals surface area contributed by atoms with E-state index in [1.54, 1.807) is 18.3 Å². The second-order valence-corrected chi connectivity index (χ2v) is 9.54. The minimum absolute atomic E-state index is 0.194. The molecule has 2 aromatic carbocycles. The van der Waals surface area contributed by atoms with Crippen molar-refractivity contribution >= 4 is 33.2 Å². The van der Waals surface area contributed by atoms with E-state index in [1.165, 1.54) is 20.1 Å². The summed E-state index contributed by atoms with van der Waals surface area (Å²) in [7, 11) is -2.40. The molecule has 32 heavy (non-hydrogen) atoms. The molecule has 1 aromatic heterocycles. The number of aromatic nitrogens is 2. The Labute approximate surface area is 192 Å². The number of nitrogens with one attached hydrogen (secondary N) is 1. The van der Waals surface area contributed by atoms with Crippen LogP contribution in [0.4, 0.5) is 5.69 Å². The van der Waals surface area contributed by atoms with Gasteiger partial charge in [0, 0.05) is 24.0 Å². The predicted octanol–water partition coefficient (Wildman–Crippen LogP) is 3.31. The summed E-state index contributed by atoms with van der Waals surface area (Å²) < 4.78 is 33.5. The van der Waals surface area contributed by atoms with Crippen molar-refractivity contribution in [2.45, 2.75) is 26.4 Å². The molecule has 0 unspecified atom stereocenters. The summed E-state index contributed by atoms with van der Waals surface area (Å²) in [4.78, 5) is 17.3. The number of methoxy groups -OCH3 is 1. The number of para-hydroxylation sites is 1. The first kappa shape index (κ1) is 23.6. The third kappa shape index (κ3) is 5.05. The van der Waals surface area contributed by atoms with Gasteiger partial charge in [-0.15, -0.1) is 0 Å². The summed E-state index contributed by atoms with van der Waals surface area (Å²) in [5, 5.41) is 3.17. The highest BCUT2D eigenvalue weighted by Gasteiger charge is 2.31. The Morgan fingerprint density at radius 1 is 1.28 bits per heavy atom. The quantitative estimate of drug-likeness (QED) is 0.538. The number of sulfonamides is 1. The monoisotopic (exact) mass is 476 g/mol. The number of amides is 1. The number of rotatable bonds is 8. The molecule has 1 atom stereocenters. The maximum Gasteiger partial charge on any atom is 0.243 e. The number of anilines is 1. The van der Waals surface area contributed by atoms with Crippen LogP contribution < -0.4 is 14.4 Å². The van der Waals surface area contributed by atoms with Gasteiger partial charge in [-0.25, -0.2) is 13.4 Å². The number of nitrogens with zero attached hydrogens (tertiary/aromatic N) is 3. The highest BCUT2D eigenvalue weighted by atomic mass is 35.5. The van der Waals surface area contributed by atoms with Crippen molar-refractivity contribution < 1.29 is 17.9 Å². The maximum atomic E-state index is 13.0. The maximum absolute atomic E-state index is 13.0. The molecular weight excluding hydrogens is 452 g/mol. The lowest BCUT2D eigenvalue weighted by molar-refractivity contribution is -0.122. The van der Waals surface area contributed by atoms with Gasteiger partial charge in [0.2, 0.25) is 15.9 Å². The molecule has 1 amide bonds. The second kappa shape index (κ2) is 9.62. The van der Waals surface area contributed by atoms with Crippen LogP contribution in [0.3, 0.4) is 0 Å². The van der Waals surface area contributed by atoms with E-state index >= 15 is 0 Å². The van der Waals surface area contributed by atoms with Crippen molar-refractivity contribution in [1.29, 1.82) is 0 Å². The Hall–Kier alpha value is -3.04. The minimum atomic E-state index is -3.82. The van der Waals surface area contributed by atoms with E-state index in [4.69, 9.17) is 16.3 Å². The molecule has 0 aliphatic carbocycles. The molecule has 8 nitrogen and oxygen atoms in total. The largest absolute Gasteiger partial charge is 0.495 e. The highest BCUT2D eigenvalue weighted by molar-refractivity contribution is 7.92. The number of carbonyl (C=O) groups is 1. The molecule has 0 aliphatic heterocycles. The molecule has 3 aromatic rings. The normalized spacial score (nSPS) is 12.3. The van der Waals surface area contributed by atoms with E-state index in [0.717, 1.165) is 27.6 Å². The molecule has 0 aliphatic rings. The molecule has 1 heterocycles. The number of hydrogen-bond donors (Lipinski definition) is 1. The van der Waals surface area contributed by atoms with Crippen molar-refractivity contribution in [3.05, 3.63) is 71.3 Å². The first-order chi connectivity index (χ1) is 15.1. The molecule has 3 rings (SSSR count). The fourth-order valence-electron chi connectivity index (χ4n) is 3.47. The molecule has 0 fully saturated rings. The summed E-state index contributed by atoms with van der Waals surface area (Å²) in [6.45, 7) is 3.61. The Morgan fingerprint density at radius 2 is 2.00 bits per heavy atom. The van der Waals surface area contributed by atoms with Crippen molar-refractivity contribution in [2.75, 3.05) is 17.7 Å². The van der Waals surface area contributed by atoms with Gasteiger partial charge in [-0.05, 0) is 43.7 Å². The molecule has 0 saturated carbocycles. The van der Waals surface area contributed by atoms with Crippen LogP contribution >= 0.6 is 11.6 Å². The summed E-state index contributed by atoms with van der Waals surface area (Å²) >= 11 is 6.09. The lowest BCUT2D eigenvalue weighted by atomic mass is 10.1. The minimum Gasteiger partial charge on any atom is -0.495 e. The van der Waals surface area contributed by atoms with Gasteiger partial charge in [-0.3, -0.25) is 9.10 Å². The Bertz CT molecular complexity index is 1230. The van der Waals surface area contributed by atoms with Gasteiger partial charge in [-0.1, -0.05) is 29.8 Å². The zero-order valence-electron chi connectivity index (χ0n) is 18.2. The van der Waals surface area contributed by atoms with Crippen LogP contribution in [-0.2, 0) is 21.4 Å². The van der Waals surface area contributed by atoms with Crippen LogP contribution in [0.5, 0.6) is 5.75 Å². The van der Waals surface area contributed by atoms with Crippen LogP contribution in [0.2, 0.25) is 5.02 Å². The molecule has 0 saturated heterocycles. The van der Waals surface area contributed by atoms with Gasteiger partial charge < -0.3 is 14.6 Å². The van der Waals surface area contributed by atoms with Crippen molar-refractivity contribution in [1.82, 2.24) is 14.9 Å². The van der Waals surface area contributed by atoms with Crippen LogP contribution in [0.25, 0.3) is 5.69 Å². The first-order valence-electron chi connectivity index (χ1n) is 9.82. The number of carbonyl (C=O) groups excluding carboxylic acids is 1. The summed E-state index contributed by atoms with van der Waals surface area (Å²) in [5.41, 5.74) is 1.94. The summed E-state index contributed by atoms with van der Waals surface area (Å²) in [6.07, 6.45) is 4.58. The van der Waals surface area contributed by atoms with Crippen LogP contribution in [0.1, 0.15) is 18.3 Å². The van der Waals surface area contributed by atoms with E-state index in [1.807, 2.05) is 42.0 Å². The van der Waals surface area contributed by atoms with Gasteiger partial charge in [0.25, 0.3) is 0 Å². The Morgan fingerprint density at radius 3 is 2.62 bits per heavy atom. The van der Waals surface area contributed by atoms with Crippen molar-refractivity contribution in [3.63, 3.8) is 0 Å². The number of benzene rings is 2. The SMILES string of the molecule is COc1ccc(Cl)cc1N([C@H](C)C(=O)NCc1ccccc1-n1ccnc1C)S(C)(=O)=O. The Balaban J connectivity index is 1.87. The molecule has 0 spiro atoms. The standard InChI is InChI=1S/C22H25ClN4O4S/c1-15(27(32(4,29)30)20-13-18(23)9-10-21(20)31-3)22(28)25-14-17-7-5-6-8-19(17)26-12-11-24-16(26)2/h5-13,15H,14H2,1-4H3,(H,25,28)/t15-/m1/s1. The number of imidazole rings is 1. The zero-order valence-corrected chi connectivity index (χ0v) is 19.8. The Kier molecular flexibility index (Phi) is 7.10. The third-order valence-corrected chi connectivity index (χ3v) is 6.46. The second-order valence-electron chi connectivity index (χ2n) is 7.24. The highest BCUT2D eigenvalue weighted by Crippen LogP contribution is 2.34. The van der Waals surface area contributed by atoms with Gasteiger partial charge in [0.1, 0.15) is 17.6 Å². The first-order valence-corrected chi connectivity index (χ1v) is 12.0. The van der Waals surface area contributed by atoms with Gasteiger partial charge in [0.15, 0.2) is 0 Å².